The van der Waals surface area contributed by atoms with Crippen LogP contribution in [-0.2, 0) is 14.8 Å². The topological polar surface area (TPSA) is 101 Å². The van der Waals surface area contributed by atoms with Gasteiger partial charge in [0.1, 0.15) is 0 Å². The molecule has 0 aromatic heterocycles. The van der Waals surface area contributed by atoms with Crippen LogP contribution in [0.25, 0.3) is 0 Å². The van der Waals surface area contributed by atoms with Crippen LogP contribution in [0.1, 0.15) is 27.2 Å². The fourth-order valence-corrected chi connectivity index (χ4v) is 2.44. The largest absolute Gasteiger partial charge is 0.355 e. The van der Waals surface area contributed by atoms with Gasteiger partial charge in [0.05, 0.1) is 11.8 Å². The van der Waals surface area contributed by atoms with Crippen LogP contribution < -0.4 is 15.8 Å². The number of rotatable bonds is 8. The molecule has 0 aliphatic heterocycles. The van der Waals surface area contributed by atoms with Gasteiger partial charge < -0.3 is 11.1 Å². The van der Waals surface area contributed by atoms with Crippen LogP contribution in [0.4, 0.5) is 0 Å². The summed E-state index contributed by atoms with van der Waals surface area (Å²) in [7, 11) is -3.49. The molecule has 0 spiro atoms. The molecule has 0 bridgehead atoms. The predicted octanol–water partition coefficient (Wildman–Crippen LogP) is -0.585. The summed E-state index contributed by atoms with van der Waals surface area (Å²) in [5.41, 5.74) is 5.35. The third-order valence-corrected chi connectivity index (χ3v) is 4.25. The van der Waals surface area contributed by atoms with E-state index in [1.807, 2.05) is 13.8 Å². The van der Waals surface area contributed by atoms with Gasteiger partial charge >= 0.3 is 0 Å². The van der Waals surface area contributed by atoms with Crippen molar-refractivity contribution in [1.82, 2.24) is 10.0 Å². The van der Waals surface area contributed by atoms with Crippen molar-refractivity contribution in [3.05, 3.63) is 0 Å². The number of nitrogens with two attached hydrogens (primary N) is 1. The first-order chi connectivity index (χ1) is 7.83. The quantitative estimate of drug-likeness (QED) is 0.546. The lowest BCUT2D eigenvalue weighted by Gasteiger charge is -2.14. The third-order valence-electron chi connectivity index (χ3n) is 2.30. The Kier molecular flexibility index (Phi) is 7.33. The molecule has 1 atom stereocenters. The Balaban J connectivity index is 4.14. The lowest BCUT2D eigenvalue weighted by molar-refractivity contribution is -0.120. The molecule has 4 N–H and O–H groups in total. The maximum absolute atomic E-state index is 11.7. The molecule has 0 heterocycles. The first kappa shape index (κ1) is 16.3. The summed E-state index contributed by atoms with van der Waals surface area (Å²) in [6.07, 6.45) is 0.430. The number of sulfonamides is 1. The van der Waals surface area contributed by atoms with Crippen molar-refractivity contribution >= 4 is 15.9 Å². The van der Waals surface area contributed by atoms with Crippen molar-refractivity contribution in [2.45, 2.75) is 32.4 Å². The molecular formula is C10H23N3O3S. The fraction of sp³-hybridized carbons (Fsp3) is 0.900. The van der Waals surface area contributed by atoms with E-state index in [2.05, 4.69) is 10.0 Å². The molecule has 0 radical (unpaired) electrons. The maximum Gasteiger partial charge on any atom is 0.235 e. The highest BCUT2D eigenvalue weighted by Crippen LogP contribution is 2.01. The van der Waals surface area contributed by atoms with Gasteiger partial charge in [-0.3, -0.25) is 4.79 Å². The van der Waals surface area contributed by atoms with E-state index in [9.17, 15) is 13.2 Å². The lowest BCUT2D eigenvalue weighted by Crippen LogP contribution is -2.43. The molecule has 1 unspecified atom stereocenters. The smallest absolute Gasteiger partial charge is 0.235 e. The van der Waals surface area contributed by atoms with Gasteiger partial charge in [0.15, 0.2) is 0 Å². The van der Waals surface area contributed by atoms with E-state index < -0.39 is 15.3 Å². The molecule has 17 heavy (non-hydrogen) atoms. The summed E-state index contributed by atoms with van der Waals surface area (Å²) in [5, 5.41) is 1.99. The molecule has 102 valence electrons. The monoisotopic (exact) mass is 265 g/mol. The number of carbonyl (C=O) groups excluding carboxylic acids is 1. The summed E-state index contributed by atoms with van der Waals surface area (Å²) in [5.74, 6) is 0.0112. The summed E-state index contributed by atoms with van der Waals surface area (Å²) < 4.78 is 25.6. The van der Waals surface area contributed by atoms with Crippen LogP contribution in [0.2, 0.25) is 0 Å². The van der Waals surface area contributed by atoms with Gasteiger partial charge in [-0.25, -0.2) is 13.1 Å². The minimum absolute atomic E-state index is 0.0550. The molecular weight excluding hydrogens is 242 g/mol. The second kappa shape index (κ2) is 7.62. The average molecular weight is 265 g/mol. The van der Waals surface area contributed by atoms with Gasteiger partial charge in [-0.1, -0.05) is 20.8 Å². The fourth-order valence-electron chi connectivity index (χ4n) is 1.18. The van der Waals surface area contributed by atoms with E-state index >= 15 is 0 Å². The molecule has 0 rings (SSSR count). The van der Waals surface area contributed by atoms with Crippen LogP contribution in [0.5, 0.6) is 0 Å². The Bertz CT molecular complexity index is 324. The summed E-state index contributed by atoms with van der Waals surface area (Å²) in [4.78, 5) is 11.3. The molecule has 0 aromatic carbocycles. The van der Waals surface area contributed by atoms with E-state index in [1.54, 1.807) is 6.92 Å². The van der Waals surface area contributed by atoms with Crippen molar-refractivity contribution in [1.29, 1.82) is 0 Å². The zero-order valence-electron chi connectivity index (χ0n) is 10.7. The number of hydrogen-bond acceptors (Lipinski definition) is 4. The van der Waals surface area contributed by atoms with Crippen LogP contribution in [0, 0.1) is 5.92 Å². The molecule has 0 saturated heterocycles. The third kappa shape index (κ3) is 6.60. The first-order valence-corrected chi connectivity index (χ1v) is 7.33. The first-order valence-electron chi connectivity index (χ1n) is 5.78. The van der Waals surface area contributed by atoms with Gasteiger partial charge in [0.25, 0.3) is 0 Å². The minimum atomic E-state index is -3.49. The van der Waals surface area contributed by atoms with Crippen molar-refractivity contribution in [2.24, 2.45) is 11.7 Å². The van der Waals surface area contributed by atoms with E-state index in [0.29, 0.717) is 18.9 Å². The Morgan fingerprint density at radius 1 is 1.35 bits per heavy atom. The van der Waals surface area contributed by atoms with E-state index in [0.717, 1.165) is 0 Å². The highest BCUT2D eigenvalue weighted by molar-refractivity contribution is 7.90. The van der Waals surface area contributed by atoms with Crippen molar-refractivity contribution < 1.29 is 13.2 Å². The number of nitrogens with one attached hydrogen (secondary N) is 2. The summed E-state index contributed by atoms with van der Waals surface area (Å²) >= 11 is 0. The normalized spacial score (nSPS) is 13.7. The molecule has 0 aliphatic rings. The Labute approximate surface area is 103 Å². The number of carbonyl (C=O) groups is 1. The number of amides is 1. The molecule has 0 saturated carbocycles. The Morgan fingerprint density at radius 3 is 2.35 bits per heavy atom. The van der Waals surface area contributed by atoms with Crippen molar-refractivity contribution in [3.63, 3.8) is 0 Å². The van der Waals surface area contributed by atoms with Crippen LogP contribution in [-0.4, -0.2) is 39.2 Å². The van der Waals surface area contributed by atoms with Crippen LogP contribution >= 0.6 is 0 Å². The zero-order chi connectivity index (χ0) is 13.5. The average Bonchev–Trinajstić information content (AvgIpc) is 2.25. The highest BCUT2D eigenvalue weighted by atomic mass is 32.2. The molecule has 6 nitrogen and oxygen atoms in total. The van der Waals surface area contributed by atoms with E-state index in [1.165, 1.54) is 0 Å². The van der Waals surface area contributed by atoms with Gasteiger partial charge in [0, 0.05) is 13.1 Å². The van der Waals surface area contributed by atoms with Crippen LogP contribution in [0.3, 0.4) is 0 Å². The van der Waals surface area contributed by atoms with Gasteiger partial charge in [-0.2, -0.15) is 0 Å². The highest BCUT2D eigenvalue weighted by Gasteiger charge is 2.22. The molecule has 0 fully saturated rings. The molecule has 7 heteroatoms. The van der Waals surface area contributed by atoms with Crippen molar-refractivity contribution in [2.75, 3.05) is 19.6 Å². The second-order valence-corrected chi connectivity index (χ2v) is 6.38. The minimum Gasteiger partial charge on any atom is -0.355 e. The Morgan fingerprint density at radius 2 is 1.94 bits per heavy atom. The van der Waals surface area contributed by atoms with Gasteiger partial charge in [-0.15, -0.1) is 0 Å². The Hall–Kier alpha value is -0.660. The maximum atomic E-state index is 11.7. The number of hydrogen-bond donors (Lipinski definition) is 3. The second-order valence-electron chi connectivity index (χ2n) is 4.33. The van der Waals surface area contributed by atoms with E-state index in [4.69, 9.17) is 5.73 Å². The van der Waals surface area contributed by atoms with Gasteiger partial charge in [0.2, 0.25) is 15.9 Å². The standard InChI is InChI=1S/C10H23N3O3S/c1-4-9(5-11)17(15,16)13-7-10(14)12-6-8(2)3/h8-9,13H,4-7,11H2,1-3H3,(H,12,14). The molecule has 1 amide bonds. The van der Waals surface area contributed by atoms with Crippen molar-refractivity contribution in [3.8, 4) is 0 Å². The van der Waals surface area contributed by atoms with Gasteiger partial charge in [-0.05, 0) is 12.3 Å². The predicted molar refractivity (Wildman–Crippen MR) is 67.9 cm³/mol. The van der Waals surface area contributed by atoms with Crippen LogP contribution in [0.15, 0.2) is 0 Å². The molecule has 0 aromatic rings. The lowest BCUT2D eigenvalue weighted by atomic mass is 10.2. The summed E-state index contributed by atoms with van der Waals surface area (Å²) in [6, 6.07) is 0. The zero-order valence-corrected chi connectivity index (χ0v) is 11.5. The SMILES string of the molecule is CCC(CN)S(=O)(=O)NCC(=O)NCC(C)C. The van der Waals surface area contributed by atoms with E-state index in [-0.39, 0.29) is 19.0 Å². The molecule has 0 aliphatic carbocycles. The summed E-state index contributed by atoms with van der Waals surface area (Å²) in [6.45, 7) is 6.03.